The van der Waals surface area contributed by atoms with Crippen molar-refractivity contribution >= 4 is 56.6 Å². The monoisotopic (exact) mass is 494 g/mol. The zero-order valence-corrected chi connectivity index (χ0v) is 18.6. The van der Waals surface area contributed by atoms with Crippen molar-refractivity contribution in [2.75, 3.05) is 5.32 Å². The average Bonchev–Trinajstić information content (AvgIpc) is 2.82. The van der Waals surface area contributed by atoms with Crippen LogP contribution >= 0.6 is 23.2 Å². The zero-order chi connectivity index (χ0) is 23.8. The van der Waals surface area contributed by atoms with Crippen molar-refractivity contribution in [3.8, 4) is 11.5 Å². The van der Waals surface area contributed by atoms with Crippen LogP contribution in [-0.4, -0.2) is 20.9 Å². The second-order valence-electron chi connectivity index (χ2n) is 7.22. The highest BCUT2D eigenvalue weighted by atomic mass is 35.5. The predicted octanol–water partition coefficient (Wildman–Crippen LogP) is 5.96. The van der Waals surface area contributed by atoms with Crippen LogP contribution in [0.5, 0.6) is 11.5 Å². The molecule has 5 rings (SSSR count). The van der Waals surface area contributed by atoms with Crippen LogP contribution in [0.15, 0.2) is 71.8 Å². The molecule has 3 heterocycles. The quantitative estimate of drug-likeness (QED) is 0.237. The van der Waals surface area contributed by atoms with Crippen LogP contribution in [0, 0.1) is 5.82 Å². The van der Waals surface area contributed by atoms with Crippen LogP contribution in [-0.2, 0) is 0 Å². The molecule has 7 nitrogen and oxygen atoms in total. The maximum Gasteiger partial charge on any atom is 0.258 e. The van der Waals surface area contributed by atoms with Gasteiger partial charge in [-0.05, 0) is 30.3 Å². The second-order valence-corrected chi connectivity index (χ2v) is 8.02. The SMILES string of the molecule is O=C(Nc1ccc(Oc2ccnc3[nH]c(=O)c4ccccc4c23)cc1F)c1cc(Cl)cnc1Cl. The third-order valence-corrected chi connectivity index (χ3v) is 5.56. The Kier molecular flexibility index (Phi) is 5.61. The summed E-state index contributed by atoms with van der Waals surface area (Å²) in [5, 5.41) is 4.32. The fourth-order valence-electron chi connectivity index (χ4n) is 3.52. The van der Waals surface area contributed by atoms with Crippen molar-refractivity contribution in [3.63, 3.8) is 0 Å². The van der Waals surface area contributed by atoms with Crippen molar-refractivity contribution in [1.82, 2.24) is 15.0 Å². The summed E-state index contributed by atoms with van der Waals surface area (Å²) in [5.41, 5.74) is 0.00670. The summed E-state index contributed by atoms with van der Waals surface area (Å²) < 4.78 is 20.7. The number of benzene rings is 2. The summed E-state index contributed by atoms with van der Waals surface area (Å²) in [4.78, 5) is 35.6. The molecule has 3 aromatic heterocycles. The summed E-state index contributed by atoms with van der Waals surface area (Å²) in [5.74, 6) is -0.831. The number of amides is 1. The highest BCUT2D eigenvalue weighted by Gasteiger charge is 2.16. The van der Waals surface area contributed by atoms with Gasteiger partial charge in [0.25, 0.3) is 11.5 Å². The zero-order valence-electron chi connectivity index (χ0n) is 17.1. The number of anilines is 1. The van der Waals surface area contributed by atoms with Crippen LogP contribution in [0.1, 0.15) is 10.4 Å². The first-order valence-electron chi connectivity index (χ1n) is 9.90. The minimum absolute atomic E-state index is 0.0121. The number of carbonyl (C=O) groups is 1. The lowest BCUT2D eigenvalue weighted by Crippen LogP contribution is -2.14. The molecule has 0 atom stereocenters. The van der Waals surface area contributed by atoms with Crippen LogP contribution in [0.3, 0.4) is 0 Å². The number of rotatable bonds is 4. The molecule has 0 radical (unpaired) electrons. The molecule has 0 aliphatic heterocycles. The lowest BCUT2D eigenvalue weighted by atomic mass is 10.1. The van der Waals surface area contributed by atoms with Gasteiger partial charge in [-0.2, -0.15) is 0 Å². The summed E-state index contributed by atoms with van der Waals surface area (Å²) in [6, 6.07) is 14.0. The van der Waals surface area contributed by atoms with Gasteiger partial charge >= 0.3 is 0 Å². The van der Waals surface area contributed by atoms with E-state index in [-0.39, 0.29) is 32.7 Å². The second kappa shape index (κ2) is 8.74. The van der Waals surface area contributed by atoms with Crippen molar-refractivity contribution in [2.45, 2.75) is 0 Å². The van der Waals surface area contributed by atoms with E-state index in [4.69, 9.17) is 27.9 Å². The Labute approximate surface area is 201 Å². The van der Waals surface area contributed by atoms with Gasteiger partial charge in [0.1, 0.15) is 28.1 Å². The number of aromatic nitrogens is 3. The number of pyridine rings is 3. The van der Waals surface area contributed by atoms with E-state index in [0.717, 1.165) is 6.07 Å². The first-order valence-corrected chi connectivity index (χ1v) is 10.7. The minimum atomic E-state index is -0.728. The van der Waals surface area contributed by atoms with Gasteiger partial charge in [0.15, 0.2) is 0 Å². The molecule has 0 saturated carbocycles. The number of nitrogens with zero attached hydrogens (tertiary/aromatic N) is 2. The summed E-state index contributed by atoms with van der Waals surface area (Å²) in [7, 11) is 0. The molecular formula is C24H13Cl2FN4O3. The summed E-state index contributed by atoms with van der Waals surface area (Å²) in [6.07, 6.45) is 2.78. The van der Waals surface area contributed by atoms with Gasteiger partial charge in [-0.1, -0.05) is 41.4 Å². The summed E-state index contributed by atoms with van der Waals surface area (Å²) >= 11 is 11.8. The summed E-state index contributed by atoms with van der Waals surface area (Å²) in [6.45, 7) is 0. The lowest BCUT2D eigenvalue weighted by Gasteiger charge is -2.12. The van der Waals surface area contributed by atoms with Gasteiger partial charge in [-0.3, -0.25) is 9.59 Å². The van der Waals surface area contributed by atoms with Crippen molar-refractivity contribution in [3.05, 3.63) is 98.9 Å². The molecule has 0 saturated heterocycles. The number of hydrogen-bond acceptors (Lipinski definition) is 5. The number of H-pyrrole nitrogens is 1. The Morgan fingerprint density at radius 1 is 1.03 bits per heavy atom. The van der Waals surface area contributed by atoms with E-state index in [0.29, 0.717) is 27.6 Å². The van der Waals surface area contributed by atoms with Crippen LogP contribution < -0.4 is 15.6 Å². The molecule has 0 fully saturated rings. The molecule has 0 aliphatic rings. The predicted molar refractivity (Wildman–Crippen MR) is 129 cm³/mol. The van der Waals surface area contributed by atoms with E-state index in [1.807, 2.05) is 0 Å². The molecule has 2 N–H and O–H groups in total. The Balaban J connectivity index is 1.47. The number of fused-ring (bicyclic) bond motifs is 3. The number of aromatic amines is 1. The molecule has 168 valence electrons. The topological polar surface area (TPSA) is 97.0 Å². The Hall–Kier alpha value is -4.01. The largest absolute Gasteiger partial charge is 0.456 e. The number of nitrogens with one attached hydrogen (secondary N) is 2. The molecule has 2 aromatic carbocycles. The number of halogens is 3. The maximum absolute atomic E-state index is 14.8. The molecule has 34 heavy (non-hydrogen) atoms. The molecule has 0 aliphatic carbocycles. The normalized spacial score (nSPS) is 11.0. The van der Waals surface area contributed by atoms with Gasteiger partial charge in [-0.25, -0.2) is 14.4 Å². The molecule has 0 spiro atoms. The van der Waals surface area contributed by atoms with Gasteiger partial charge in [0, 0.05) is 29.2 Å². The van der Waals surface area contributed by atoms with E-state index >= 15 is 0 Å². The Morgan fingerprint density at radius 3 is 2.62 bits per heavy atom. The van der Waals surface area contributed by atoms with Crippen LogP contribution in [0.25, 0.3) is 21.8 Å². The first-order chi connectivity index (χ1) is 16.4. The van der Waals surface area contributed by atoms with E-state index in [9.17, 15) is 14.0 Å². The molecule has 1 amide bonds. The smallest absolute Gasteiger partial charge is 0.258 e. The fraction of sp³-hybridized carbons (Fsp3) is 0. The van der Waals surface area contributed by atoms with Crippen LogP contribution in [0.4, 0.5) is 10.1 Å². The van der Waals surface area contributed by atoms with E-state index in [1.165, 1.54) is 30.6 Å². The van der Waals surface area contributed by atoms with Gasteiger partial charge in [0.05, 0.1) is 21.7 Å². The van der Waals surface area contributed by atoms with Gasteiger partial charge in [0.2, 0.25) is 0 Å². The molecule has 0 bridgehead atoms. The minimum Gasteiger partial charge on any atom is -0.456 e. The standard InChI is InChI=1S/C24H13Cl2FN4O3/c25-12-9-16(21(26)29-11-12)24(33)30-18-6-5-13(10-17(18)27)34-19-7-8-28-22-20(19)14-3-1-2-4-15(14)23(32)31-22/h1-11H,(H,30,33)(H,28,31,32). The maximum atomic E-state index is 14.8. The van der Waals surface area contributed by atoms with Crippen molar-refractivity contribution < 1.29 is 13.9 Å². The fourth-order valence-corrected chi connectivity index (χ4v) is 3.86. The highest BCUT2D eigenvalue weighted by molar-refractivity contribution is 6.35. The van der Waals surface area contributed by atoms with Crippen molar-refractivity contribution in [1.29, 1.82) is 0 Å². The van der Waals surface area contributed by atoms with Crippen molar-refractivity contribution in [2.24, 2.45) is 0 Å². The number of hydrogen-bond donors (Lipinski definition) is 2. The van der Waals surface area contributed by atoms with E-state index < -0.39 is 11.7 Å². The van der Waals surface area contributed by atoms with Gasteiger partial charge < -0.3 is 15.0 Å². The Bertz CT molecular complexity index is 1660. The molecule has 0 unspecified atom stereocenters. The molecular weight excluding hydrogens is 482 g/mol. The molecule has 10 heteroatoms. The van der Waals surface area contributed by atoms with E-state index in [2.05, 4.69) is 20.3 Å². The average molecular weight is 495 g/mol. The highest BCUT2D eigenvalue weighted by Crippen LogP contribution is 2.33. The van der Waals surface area contributed by atoms with Gasteiger partial charge in [-0.15, -0.1) is 0 Å². The Morgan fingerprint density at radius 2 is 1.82 bits per heavy atom. The first kappa shape index (κ1) is 21.8. The van der Waals surface area contributed by atoms with E-state index in [1.54, 1.807) is 30.3 Å². The number of carbonyl (C=O) groups excluding carboxylic acids is 1. The lowest BCUT2D eigenvalue weighted by molar-refractivity contribution is 0.102. The number of ether oxygens (including phenoxy) is 1. The van der Waals surface area contributed by atoms with Crippen LogP contribution in [0.2, 0.25) is 10.2 Å². The molecule has 5 aromatic rings. The third-order valence-electron chi connectivity index (χ3n) is 5.05. The third kappa shape index (κ3) is 4.05.